The van der Waals surface area contributed by atoms with Gasteiger partial charge in [-0.25, -0.2) is 4.79 Å². The zero-order chi connectivity index (χ0) is 23.2. The van der Waals surface area contributed by atoms with E-state index in [9.17, 15) is 4.79 Å². The zero-order valence-corrected chi connectivity index (χ0v) is 21.4. The van der Waals surface area contributed by atoms with Gasteiger partial charge in [-0.2, -0.15) is 0 Å². The van der Waals surface area contributed by atoms with Crippen molar-refractivity contribution in [2.24, 2.45) is 5.92 Å². The second kappa shape index (κ2) is 14.6. The van der Waals surface area contributed by atoms with E-state index in [2.05, 4.69) is 22.9 Å². The van der Waals surface area contributed by atoms with Crippen LogP contribution in [0.25, 0.3) is 6.08 Å². The molecule has 0 heterocycles. The van der Waals surface area contributed by atoms with Gasteiger partial charge in [0.05, 0.1) is 7.11 Å². The van der Waals surface area contributed by atoms with Crippen LogP contribution >= 0.6 is 0 Å². The van der Waals surface area contributed by atoms with Crippen LogP contribution in [0, 0.1) is 5.92 Å². The van der Waals surface area contributed by atoms with Crippen LogP contribution < -0.4 is 0 Å². The highest BCUT2D eigenvalue weighted by atomic mass is 28.4. The van der Waals surface area contributed by atoms with E-state index in [1.807, 2.05) is 32.9 Å². The molecule has 1 aromatic carbocycles. The van der Waals surface area contributed by atoms with Gasteiger partial charge in [-0.05, 0) is 81.9 Å². The second-order valence-corrected chi connectivity index (χ2v) is 11.2. The Kier molecular flexibility index (Phi) is 12.2. The van der Waals surface area contributed by atoms with E-state index in [0.717, 1.165) is 23.9 Å². The van der Waals surface area contributed by atoms with Crippen LogP contribution in [0.1, 0.15) is 82.8 Å². The van der Waals surface area contributed by atoms with E-state index in [1.165, 1.54) is 57.3 Å². The lowest BCUT2D eigenvalue weighted by molar-refractivity contribution is -0.134. The third kappa shape index (κ3) is 8.81. The highest BCUT2D eigenvalue weighted by molar-refractivity contribution is 6.60. The molecule has 0 bridgehead atoms. The highest BCUT2D eigenvalue weighted by Crippen LogP contribution is 2.38. The van der Waals surface area contributed by atoms with Crippen molar-refractivity contribution < 1.29 is 22.8 Å². The summed E-state index contributed by atoms with van der Waals surface area (Å²) in [5.74, 6) is 1.11. The second-order valence-electron chi connectivity index (χ2n) is 8.47. The number of hydrogen-bond donors (Lipinski definition) is 0. The predicted molar refractivity (Wildman–Crippen MR) is 131 cm³/mol. The Hall–Kier alpha value is -1.47. The summed E-state index contributed by atoms with van der Waals surface area (Å²) < 4.78 is 22.6. The number of carbonyl (C=O) groups is 1. The van der Waals surface area contributed by atoms with Gasteiger partial charge in [0.15, 0.2) is 0 Å². The lowest BCUT2D eigenvalue weighted by atomic mass is 9.77. The van der Waals surface area contributed by atoms with Crippen molar-refractivity contribution in [2.45, 2.75) is 77.7 Å². The van der Waals surface area contributed by atoms with Crippen LogP contribution in [0.4, 0.5) is 0 Å². The topological polar surface area (TPSA) is 54.0 Å². The molecule has 0 saturated heterocycles. The number of benzene rings is 1. The van der Waals surface area contributed by atoms with Crippen LogP contribution in [0.15, 0.2) is 30.3 Å². The molecule has 0 N–H and O–H groups in total. The highest BCUT2D eigenvalue weighted by Gasteiger charge is 2.39. The van der Waals surface area contributed by atoms with Crippen molar-refractivity contribution in [3.63, 3.8) is 0 Å². The first kappa shape index (κ1) is 26.8. The third-order valence-electron chi connectivity index (χ3n) is 6.28. The van der Waals surface area contributed by atoms with Crippen LogP contribution in [0.5, 0.6) is 0 Å². The summed E-state index contributed by atoms with van der Waals surface area (Å²) in [5, 5.41) is 0. The van der Waals surface area contributed by atoms with Gasteiger partial charge in [-0.15, -0.1) is 0 Å². The van der Waals surface area contributed by atoms with Crippen molar-refractivity contribution in [2.75, 3.05) is 26.9 Å². The molecule has 1 aromatic rings. The van der Waals surface area contributed by atoms with E-state index in [-0.39, 0.29) is 5.97 Å². The Morgan fingerprint density at radius 2 is 1.66 bits per heavy atom. The van der Waals surface area contributed by atoms with Gasteiger partial charge in [-0.1, -0.05) is 37.1 Å². The van der Waals surface area contributed by atoms with E-state index in [0.29, 0.717) is 25.7 Å². The Balaban J connectivity index is 1.77. The Labute approximate surface area is 195 Å². The maximum atomic E-state index is 11.3. The fraction of sp³-hybridized carbons (Fsp3) is 0.654. The summed E-state index contributed by atoms with van der Waals surface area (Å²) in [4.78, 5) is 11.3. The van der Waals surface area contributed by atoms with E-state index in [1.54, 1.807) is 0 Å². The van der Waals surface area contributed by atoms with Crippen molar-refractivity contribution >= 4 is 20.8 Å². The van der Waals surface area contributed by atoms with Crippen molar-refractivity contribution in [3.05, 3.63) is 41.5 Å². The van der Waals surface area contributed by atoms with Gasteiger partial charge < -0.3 is 18.0 Å². The molecule has 0 atom stereocenters. The molecule has 6 heteroatoms. The lowest BCUT2D eigenvalue weighted by Gasteiger charge is -2.30. The summed E-state index contributed by atoms with van der Waals surface area (Å²) in [5.41, 5.74) is 2.44. The first-order valence-corrected chi connectivity index (χ1v) is 14.3. The number of carbonyl (C=O) groups excluding carboxylic acids is 1. The molecule has 0 amide bonds. The molecule has 0 aliphatic heterocycles. The standard InChI is InChI=1S/C26H42O5Si/c1-5-29-32(30-6-2,31-7-3)20-9-8-11-22-14-17-24(18-15-22)25-13-10-12-23(21-25)16-19-26(27)28-4/h10,12-13,16,19,21-22,24H,5-9,11,14-15,17-18,20H2,1-4H3. The Morgan fingerprint density at radius 3 is 2.25 bits per heavy atom. The van der Waals surface area contributed by atoms with Crippen LogP contribution in [0.3, 0.4) is 0 Å². The average Bonchev–Trinajstić information content (AvgIpc) is 2.81. The van der Waals surface area contributed by atoms with Crippen LogP contribution in [0.2, 0.25) is 6.04 Å². The van der Waals surface area contributed by atoms with E-state index < -0.39 is 8.80 Å². The summed E-state index contributed by atoms with van der Waals surface area (Å²) >= 11 is 0. The number of unbranched alkanes of at least 4 members (excludes halogenated alkanes) is 1. The minimum absolute atomic E-state index is 0.320. The molecule has 2 rings (SSSR count). The molecule has 0 radical (unpaired) electrons. The van der Waals surface area contributed by atoms with E-state index in [4.69, 9.17) is 13.3 Å². The molecule has 0 unspecified atom stereocenters. The van der Waals surface area contributed by atoms with Crippen LogP contribution in [-0.2, 0) is 22.8 Å². The lowest BCUT2D eigenvalue weighted by Crippen LogP contribution is -2.45. The molecule has 5 nitrogen and oxygen atoms in total. The zero-order valence-electron chi connectivity index (χ0n) is 20.4. The Bertz CT molecular complexity index is 680. The molecular formula is C26H42O5Si. The largest absolute Gasteiger partial charge is 0.500 e. The van der Waals surface area contributed by atoms with Crippen LogP contribution in [-0.4, -0.2) is 41.7 Å². The number of ether oxygens (including phenoxy) is 1. The molecule has 1 saturated carbocycles. The molecule has 0 spiro atoms. The summed E-state index contributed by atoms with van der Waals surface area (Å²) in [7, 11) is -1.09. The third-order valence-corrected chi connectivity index (χ3v) is 9.43. The molecule has 1 aliphatic rings. The van der Waals surface area contributed by atoms with Crippen molar-refractivity contribution in [3.8, 4) is 0 Å². The van der Waals surface area contributed by atoms with Gasteiger partial charge in [0.2, 0.25) is 0 Å². The predicted octanol–water partition coefficient (Wildman–Crippen LogP) is 6.37. The number of hydrogen-bond acceptors (Lipinski definition) is 5. The maximum Gasteiger partial charge on any atom is 0.500 e. The van der Waals surface area contributed by atoms with Crippen molar-refractivity contribution in [1.29, 1.82) is 0 Å². The van der Waals surface area contributed by atoms with Gasteiger partial charge >= 0.3 is 14.8 Å². The molecular weight excluding hydrogens is 420 g/mol. The quantitative estimate of drug-likeness (QED) is 0.139. The SMILES string of the molecule is CCO[Si](CCCCC1CCC(c2cccc(C=CC(=O)OC)c2)CC1)(OCC)OCC. The van der Waals surface area contributed by atoms with Gasteiger partial charge in [0, 0.05) is 31.9 Å². The summed E-state index contributed by atoms with van der Waals surface area (Å²) in [6.45, 7) is 8.00. The summed E-state index contributed by atoms with van der Waals surface area (Å²) in [6.07, 6.45) is 12.0. The number of methoxy groups -OCH3 is 1. The Morgan fingerprint density at radius 1 is 1.00 bits per heavy atom. The molecule has 32 heavy (non-hydrogen) atoms. The minimum atomic E-state index is -2.49. The van der Waals surface area contributed by atoms with Crippen molar-refractivity contribution in [1.82, 2.24) is 0 Å². The first-order valence-electron chi connectivity index (χ1n) is 12.3. The van der Waals surface area contributed by atoms with Gasteiger partial charge in [-0.3, -0.25) is 0 Å². The smallest absolute Gasteiger partial charge is 0.466 e. The first-order chi connectivity index (χ1) is 15.6. The minimum Gasteiger partial charge on any atom is -0.466 e. The number of esters is 1. The molecule has 1 fully saturated rings. The monoisotopic (exact) mass is 462 g/mol. The van der Waals surface area contributed by atoms with Gasteiger partial charge in [0.1, 0.15) is 0 Å². The van der Waals surface area contributed by atoms with Gasteiger partial charge in [0.25, 0.3) is 0 Å². The normalized spacial score (nSPS) is 19.4. The molecule has 180 valence electrons. The average molecular weight is 463 g/mol. The fourth-order valence-corrected chi connectivity index (χ4v) is 7.39. The maximum absolute atomic E-state index is 11.3. The number of rotatable bonds is 14. The fourth-order valence-electron chi connectivity index (χ4n) is 4.71. The summed E-state index contributed by atoms with van der Waals surface area (Å²) in [6, 6.07) is 9.47. The molecule has 0 aromatic heterocycles. The van der Waals surface area contributed by atoms with E-state index >= 15 is 0 Å². The molecule has 1 aliphatic carbocycles.